The molecule has 1 unspecified atom stereocenters. The van der Waals surface area contributed by atoms with Crippen molar-refractivity contribution in [1.29, 1.82) is 0 Å². The van der Waals surface area contributed by atoms with Crippen LogP contribution >= 0.6 is 0 Å². The molecule has 0 aromatic heterocycles. The Morgan fingerprint density at radius 2 is 1.92 bits per heavy atom. The lowest BCUT2D eigenvalue weighted by atomic mass is 10.1. The zero-order valence-corrected chi connectivity index (χ0v) is 14.1. The molecule has 128 valence electrons. The largest absolute Gasteiger partial charge is 0.508 e. The number of ether oxygens (including phenoxy) is 2. The fourth-order valence-electron chi connectivity index (χ4n) is 3.16. The van der Waals surface area contributed by atoms with Gasteiger partial charge in [0.2, 0.25) is 0 Å². The molecule has 1 fully saturated rings. The molecule has 2 aromatic rings. The van der Waals surface area contributed by atoms with Gasteiger partial charge in [0.05, 0.1) is 13.2 Å². The van der Waals surface area contributed by atoms with Gasteiger partial charge < -0.3 is 14.6 Å². The van der Waals surface area contributed by atoms with Gasteiger partial charge in [0.1, 0.15) is 11.5 Å². The maximum absolute atomic E-state index is 9.70. The van der Waals surface area contributed by atoms with E-state index in [2.05, 4.69) is 23.1 Å². The van der Waals surface area contributed by atoms with Crippen LogP contribution in [0, 0.1) is 0 Å². The van der Waals surface area contributed by atoms with Crippen LogP contribution in [-0.4, -0.2) is 36.4 Å². The van der Waals surface area contributed by atoms with E-state index in [1.54, 1.807) is 13.2 Å². The number of benzene rings is 2. The van der Waals surface area contributed by atoms with Gasteiger partial charge in [0.25, 0.3) is 0 Å². The maximum atomic E-state index is 9.70. The topological polar surface area (TPSA) is 41.9 Å². The molecule has 0 aliphatic carbocycles. The fraction of sp³-hybridized carbons (Fsp3) is 0.400. The molecule has 1 aliphatic heterocycles. The molecule has 1 aliphatic rings. The molecule has 0 radical (unpaired) electrons. The highest BCUT2D eigenvalue weighted by atomic mass is 16.5. The maximum Gasteiger partial charge on any atom is 0.118 e. The van der Waals surface area contributed by atoms with Crippen molar-refractivity contribution >= 4 is 0 Å². The summed E-state index contributed by atoms with van der Waals surface area (Å²) in [6.45, 7) is 3.41. The fourth-order valence-corrected chi connectivity index (χ4v) is 3.16. The number of phenolic OH excluding ortho intramolecular Hbond substituents is 1. The molecule has 0 spiro atoms. The predicted molar refractivity (Wildman–Crippen MR) is 94.2 cm³/mol. The van der Waals surface area contributed by atoms with Crippen molar-refractivity contribution in [3.05, 3.63) is 59.7 Å². The first-order valence-corrected chi connectivity index (χ1v) is 8.48. The molecule has 1 N–H and O–H groups in total. The Kier molecular flexibility index (Phi) is 5.72. The van der Waals surface area contributed by atoms with Crippen molar-refractivity contribution in [2.24, 2.45) is 0 Å². The molecule has 24 heavy (non-hydrogen) atoms. The number of methoxy groups -OCH3 is 1. The normalized spacial score (nSPS) is 17.3. The van der Waals surface area contributed by atoms with Crippen molar-refractivity contribution in [2.75, 3.05) is 20.3 Å². The summed E-state index contributed by atoms with van der Waals surface area (Å²) in [6.07, 6.45) is 2.58. The standard InChI is InChI=1S/C20H25NO3/c1-23-19-9-7-16(8-10-19)13-21(15-20-6-3-11-24-20)14-17-4-2-5-18(22)12-17/h2,4-5,7-10,12,20,22H,3,6,11,13-15H2,1H3. The lowest BCUT2D eigenvalue weighted by Gasteiger charge is -2.25. The SMILES string of the molecule is COc1ccc(CN(Cc2cccc(O)c2)CC2CCCO2)cc1. The van der Waals surface area contributed by atoms with E-state index in [0.717, 1.165) is 50.4 Å². The van der Waals surface area contributed by atoms with E-state index in [1.165, 1.54) is 5.56 Å². The molecule has 3 rings (SSSR count). The van der Waals surface area contributed by atoms with Crippen LogP contribution in [-0.2, 0) is 17.8 Å². The Morgan fingerprint density at radius 3 is 2.58 bits per heavy atom. The third-order valence-electron chi connectivity index (χ3n) is 4.37. The van der Waals surface area contributed by atoms with E-state index < -0.39 is 0 Å². The Bertz CT molecular complexity index is 636. The molecule has 2 aromatic carbocycles. The van der Waals surface area contributed by atoms with Crippen molar-refractivity contribution < 1.29 is 14.6 Å². The van der Waals surface area contributed by atoms with Gasteiger partial charge >= 0.3 is 0 Å². The first-order chi connectivity index (χ1) is 11.7. The van der Waals surface area contributed by atoms with Crippen LogP contribution < -0.4 is 4.74 Å². The van der Waals surface area contributed by atoms with Gasteiger partial charge in [-0.3, -0.25) is 4.90 Å². The van der Waals surface area contributed by atoms with E-state index in [0.29, 0.717) is 11.9 Å². The molecule has 4 heteroatoms. The van der Waals surface area contributed by atoms with Gasteiger partial charge in [-0.05, 0) is 48.2 Å². The van der Waals surface area contributed by atoms with Gasteiger partial charge in [-0.15, -0.1) is 0 Å². The van der Waals surface area contributed by atoms with Crippen LogP contribution in [0.3, 0.4) is 0 Å². The minimum absolute atomic E-state index is 0.306. The summed E-state index contributed by atoms with van der Waals surface area (Å²) in [4.78, 5) is 2.38. The lowest BCUT2D eigenvalue weighted by Crippen LogP contribution is -2.31. The Labute approximate surface area is 143 Å². The Hall–Kier alpha value is -2.04. The van der Waals surface area contributed by atoms with Gasteiger partial charge in [0, 0.05) is 26.2 Å². The first-order valence-electron chi connectivity index (χ1n) is 8.48. The summed E-state index contributed by atoms with van der Waals surface area (Å²) >= 11 is 0. The molecule has 4 nitrogen and oxygen atoms in total. The summed E-state index contributed by atoms with van der Waals surface area (Å²) in [6, 6.07) is 15.7. The lowest BCUT2D eigenvalue weighted by molar-refractivity contribution is 0.0679. The van der Waals surface area contributed by atoms with Crippen LogP contribution in [0.5, 0.6) is 11.5 Å². The molecular weight excluding hydrogens is 302 g/mol. The van der Waals surface area contributed by atoms with E-state index in [-0.39, 0.29) is 0 Å². The number of aromatic hydroxyl groups is 1. The van der Waals surface area contributed by atoms with Crippen LogP contribution in [0.2, 0.25) is 0 Å². The van der Waals surface area contributed by atoms with Gasteiger partial charge in [0.15, 0.2) is 0 Å². The highest BCUT2D eigenvalue weighted by Crippen LogP contribution is 2.20. The second-order valence-corrected chi connectivity index (χ2v) is 6.32. The van der Waals surface area contributed by atoms with E-state index in [4.69, 9.17) is 9.47 Å². The minimum atomic E-state index is 0.306. The zero-order chi connectivity index (χ0) is 16.8. The van der Waals surface area contributed by atoms with Crippen molar-refractivity contribution in [3.63, 3.8) is 0 Å². The Morgan fingerprint density at radius 1 is 1.12 bits per heavy atom. The number of rotatable bonds is 7. The molecule has 0 bridgehead atoms. The average Bonchev–Trinajstić information content (AvgIpc) is 3.08. The van der Waals surface area contributed by atoms with Crippen molar-refractivity contribution in [2.45, 2.75) is 32.0 Å². The molecule has 1 saturated heterocycles. The van der Waals surface area contributed by atoms with Gasteiger partial charge in [-0.25, -0.2) is 0 Å². The predicted octanol–water partition coefficient (Wildman–Crippen LogP) is 3.58. The monoisotopic (exact) mass is 327 g/mol. The minimum Gasteiger partial charge on any atom is -0.508 e. The first kappa shape index (κ1) is 16.8. The van der Waals surface area contributed by atoms with Crippen LogP contribution in [0.25, 0.3) is 0 Å². The van der Waals surface area contributed by atoms with Crippen LogP contribution in [0.1, 0.15) is 24.0 Å². The van der Waals surface area contributed by atoms with E-state index in [9.17, 15) is 5.11 Å². The summed E-state index contributed by atoms with van der Waals surface area (Å²) in [5.41, 5.74) is 2.36. The molecule has 0 saturated carbocycles. The smallest absolute Gasteiger partial charge is 0.118 e. The molecule has 0 amide bonds. The average molecular weight is 327 g/mol. The second kappa shape index (κ2) is 8.18. The summed E-state index contributed by atoms with van der Waals surface area (Å²) in [5.74, 6) is 1.19. The van der Waals surface area contributed by atoms with Crippen LogP contribution in [0.4, 0.5) is 0 Å². The molecule has 1 heterocycles. The highest BCUT2D eigenvalue weighted by Gasteiger charge is 2.19. The molecule has 1 atom stereocenters. The van der Waals surface area contributed by atoms with Gasteiger partial charge in [-0.1, -0.05) is 24.3 Å². The van der Waals surface area contributed by atoms with Crippen LogP contribution in [0.15, 0.2) is 48.5 Å². The quantitative estimate of drug-likeness (QED) is 0.844. The molecular formula is C20H25NO3. The van der Waals surface area contributed by atoms with Crippen molar-refractivity contribution in [1.82, 2.24) is 4.90 Å². The summed E-state index contributed by atoms with van der Waals surface area (Å²) in [7, 11) is 1.68. The van der Waals surface area contributed by atoms with Crippen molar-refractivity contribution in [3.8, 4) is 11.5 Å². The zero-order valence-electron chi connectivity index (χ0n) is 14.1. The number of phenols is 1. The van der Waals surface area contributed by atoms with Gasteiger partial charge in [-0.2, -0.15) is 0 Å². The number of nitrogens with zero attached hydrogens (tertiary/aromatic N) is 1. The summed E-state index contributed by atoms with van der Waals surface area (Å²) in [5, 5.41) is 9.70. The number of hydrogen-bond donors (Lipinski definition) is 1. The second-order valence-electron chi connectivity index (χ2n) is 6.32. The Balaban J connectivity index is 1.70. The third kappa shape index (κ3) is 4.73. The summed E-state index contributed by atoms with van der Waals surface area (Å²) < 4.78 is 11.0. The van der Waals surface area contributed by atoms with E-state index in [1.807, 2.05) is 24.3 Å². The third-order valence-corrected chi connectivity index (χ3v) is 4.37. The highest BCUT2D eigenvalue weighted by molar-refractivity contribution is 5.28. The number of hydrogen-bond acceptors (Lipinski definition) is 4. The van der Waals surface area contributed by atoms with E-state index >= 15 is 0 Å².